The molecule has 3 unspecified atom stereocenters. The molecule has 0 aliphatic rings. The number of aliphatic hydroxyl groups excluding tert-OH is 2. The van der Waals surface area contributed by atoms with E-state index in [9.17, 15) is 19.8 Å². The second-order valence-electron chi connectivity index (χ2n) is 19.4. The van der Waals surface area contributed by atoms with Gasteiger partial charge in [0.05, 0.1) is 25.2 Å². The van der Waals surface area contributed by atoms with Crippen molar-refractivity contribution >= 4 is 11.9 Å². The second-order valence-corrected chi connectivity index (χ2v) is 19.4. The molecule has 3 atom stereocenters. The predicted octanol–water partition coefficient (Wildman–Crippen LogP) is 16.7. The van der Waals surface area contributed by atoms with E-state index >= 15 is 0 Å². The summed E-state index contributed by atoms with van der Waals surface area (Å²) < 4.78 is 5.95. The quantitative estimate of drug-likeness (QED) is 0.0418. The van der Waals surface area contributed by atoms with Gasteiger partial charge in [-0.2, -0.15) is 0 Å². The Bertz CT molecular complexity index is 882. The number of hydrogen-bond acceptors (Lipinski definition) is 5. The lowest BCUT2D eigenvalue weighted by molar-refractivity contribution is -0.151. The van der Waals surface area contributed by atoms with Crippen molar-refractivity contribution < 1.29 is 24.5 Å². The molecule has 0 aromatic heterocycles. The third-order valence-corrected chi connectivity index (χ3v) is 13.2. The van der Waals surface area contributed by atoms with E-state index in [4.69, 9.17) is 4.74 Å². The van der Waals surface area contributed by atoms with Crippen LogP contribution in [0.3, 0.4) is 0 Å². The molecule has 6 nitrogen and oxygen atoms in total. The zero-order chi connectivity index (χ0) is 44.5. The fourth-order valence-corrected chi connectivity index (χ4v) is 8.96. The summed E-state index contributed by atoms with van der Waals surface area (Å²) in [6.07, 6.45) is 54.5. The Balaban J connectivity index is 4.42. The zero-order valence-electron chi connectivity index (χ0n) is 41.6. The van der Waals surface area contributed by atoms with E-state index in [0.29, 0.717) is 19.3 Å². The Morgan fingerprint density at radius 2 is 0.689 bits per heavy atom. The molecule has 1 amide bonds. The van der Waals surface area contributed by atoms with Crippen molar-refractivity contribution in [2.75, 3.05) is 6.61 Å². The standard InChI is InChI=1S/C55H109NO5/c1-4-7-10-13-16-19-22-24-25-26-27-28-30-33-36-39-42-45-48-55(60)61-51(46-43-40-37-34-31-21-18-15-12-9-6-3)49-54(59)56-52(50-57)53(58)47-44-41-38-35-32-29-23-20-17-14-11-8-5-2/h51-53,57-58H,4-50H2,1-3H3,(H,56,59). The van der Waals surface area contributed by atoms with Crippen LogP contribution in [-0.2, 0) is 14.3 Å². The minimum Gasteiger partial charge on any atom is -0.462 e. The average Bonchev–Trinajstić information content (AvgIpc) is 3.25. The first-order valence-corrected chi connectivity index (χ1v) is 27.8. The molecule has 0 saturated carbocycles. The van der Waals surface area contributed by atoms with Crippen LogP contribution < -0.4 is 5.32 Å². The number of nitrogens with one attached hydrogen (secondary N) is 1. The van der Waals surface area contributed by atoms with Gasteiger partial charge < -0.3 is 20.3 Å². The van der Waals surface area contributed by atoms with E-state index in [1.165, 1.54) is 231 Å². The smallest absolute Gasteiger partial charge is 0.306 e. The number of unbranched alkanes of at least 4 members (excludes halogenated alkanes) is 39. The van der Waals surface area contributed by atoms with Gasteiger partial charge >= 0.3 is 5.97 Å². The van der Waals surface area contributed by atoms with Crippen molar-refractivity contribution in [1.29, 1.82) is 0 Å². The van der Waals surface area contributed by atoms with E-state index in [0.717, 1.165) is 38.5 Å². The summed E-state index contributed by atoms with van der Waals surface area (Å²) in [5, 5.41) is 23.8. The first kappa shape index (κ1) is 59.9. The maximum absolute atomic E-state index is 13.2. The minimum absolute atomic E-state index is 0.0879. The Kier molecular flexibility index (Phi) is 48.9. The molecule has 0 rings (SSSR count). The van der Waals surface area contributed by atoms with Gasteiger partial charge in [-0.3, -0.25) is 9.59 Å². The van der Waals surface area contributed by atoms with Gasteiger partial charge in [-0.1, -0.05) is 278 Å². The monoisotopic (exact) mass is 864 g/mol. The summed E-state index contributed by atoms with van der Waals surface area (Å²) in [5.74, 6) is -0.448. The number of aliphatic hydroxyl groups is 2. The van der Waals surface area contributed by atoms with Crippen molar-refractivity contribution in [3.63, 3.8) is 0 Å². The molecule has 0 heterocycles. The molecule has 0 aromatic rings. The molecule has 0 spiro atoms. The molecule has 0 radical (unpaired) electrons. The van der Waals surface area contributed by atoms with Crippen molar-refractivity contribution in [3.8, 4) is 0 Å². The topological polar surface area (TPSA) is 95.9 Å². The van der Waals surface area contributed by atoms with Crippen LogP contribution in [0.4, 0.5) is 0 Å². The lowest BCUT2D eigenvalue weighted by atomic mass is 10.0. The van der Waals surface area contributed by atoms with Gasteiger partial charge in [-0.15, -0.1) is 0 Å². The van der Waals surface area contributed by atoms with Crippen molar-refractivity contribution in [2.24, 2.45) is 0 Å². The van der Waals surface area contributed by atoms with Crippen LogP contribution in [0.1, 0.15) is 316 Å². The highest BCUT2D eigenvalue weighted by Gasteiger charge is 2.24. The number of ether oxygens (including phenoxy) is 1. The molecule has 0 bridgehead atoms. The maximum atomic E-state index is 13.2. The minimum atomic E-state index is -0.779. The van der Waals surface area contributed by atoms with Crippen LogP contribution in [0, 0.1) is 0 Å². The average molecular weight is 864 g/mol. The Morgan fingerprint density at radius 1 is 0.410 bits per heavy atom. The normalized spacial score (nSPS) is 13.1. The second kappa shape index (κ2) is 49.9. The summed E-state index contributed by atoms with van der Waals surface area (Å²) >= 11 is 0. The fraction of sp³-hybridized carbons (Fsp3) is 0.964. The predicted molar refractivity (Wildman–Crippen MR) is 264 cm³/mol. The molecule has 6 heteroatoms. The Labute approximate surface area is 381 Å². The van der Waals surface area contributed by atoms with Gasteiger partial charge in [-0.25, -0.2) is 0 Å². The highest BCUT2D eigenvalue weighted by Crippen LogP contribution is 2.19. The SMILES string of the molecule is CCCCCCCCCCCCCCCCCCCCC(=O)OC(CCCCCCCCCCCCC)CC(=O)NC(CO)C(O)CCCCCCCCCCCCCCC. The van der Waals surface area contributed by atoms with Gasteiger partial charge in [0, 0.05) is 6.42 Å². The lowest BCUT2D eigenvalue weighted by Crippen LogP contribution is -2.46. The van der Waals surface area contributed by atoms with Gasteiger partial charge in [0.1, 0.15) is 6.10 Å². The molecular weight excluding hydrogens is 755 g/mol. The van der Waals surface area contributed by atoms with Crippen molar-refractivity contribution in [1.82, 2.24) is 5.32 Å². The van der Waals surface area contributed by atoms with Gasteiger partial charge in [-0.05, 0) is 25.7 Å². The largest absolute Gasteiger partial charge is 0.462 e. The van der Waals surface area contributed by atoms with Crippen molar-refractivity contribution in [3.05, 3.63) is 0 Å². The van der Waals surface area contributed by atoms with E-state index in [1.807, 2.05) is 0 Å². The third kappa shape index (κ3) is 45.2. The first-order chi connectivity index (χ1) is 30.0. The molecule has 364 valence electrons. The van der Waals surface area contributed by atoms with Gasteiger partial charge in [0.25, 0.3) is 0 Å². The molecule has 3 N–H and O–H groups in total. The van der Waals surface area contributed by atoms with Crippen LogP contribution in [-0.4, -0.2) is 46.9 Å². The third-order valence-electron chi connectivity index (χ3n) is 13.2. The summed E-state index contributed by atoms with van der Waals surface area (Å²) in [7, 11) is 0. The number of rotatable bonds is 51. The van der Waals surface area contributed by atoms with Crippen LogP contribution in [0.2, 0.25) is 0 Å². The van der Waals surface area contributed by atoms with E-state index in [2.05, 4.69) is 26.1 Å². The maximum Gasteiger partial charge on any atom is 0.306 e. The number of carbonyl (C=O) groups is 2. The number of esters is 1. The summed E-state index contributed by atoms with van der Waals surface area (Å²) in [6, 6.07) is -0.692. The zero-order valence-corrected chi connectivity index (χ0v) is 41.6. The van der Waals surface area contributed by atoms with Crippen LogP contribution in [0.15, 0.2) is 0 Å². The number of hydrogen-bond donors (Lipinski definition) is 3. The Morgan fingerprint density at radius 3 is 1.00 bits per heavy atom. The number of amides is 1. The summed E-state index contributed by atoms with van der Waals surface area (Å²) in [6.45, 7) is 6.52. The molecule has 0 aliphatic carbocycles. The van der Waals surface area contributed by atoms with Crippen LogP contribution >= 0.6 is 0 Å². The fourth-order valence-electron chi connectivity index (χ4n) is 8.96. The Hall–Kier alpha value is -1.14. The highest BCUT2D eigenvalue weighted by atomic mass is 16.5. The van der Waals surface area contributed by atoms with Gasteiger partial charge in [0.15, 0.2) is 0 Å². The van der Waals surface area contributed by atoms with Crippen LogP contribution in [0.25, 0.3) is 0 Å². The first-order valence-electron chi connectivity index (χ1n) is 27.8. The molecule has 0 aliphatic heterocycles. The van der Waals surface area contributed by atoms with E-state index < -0.39 is 18.2 Å². The molecule has 0 fully saturated rings. The molecule has 0 saturated heterocycles. The summed E-state index contributed by atoms with van der Waals surface area (Å²) in [4.78, 5) is 26.2. The van der Waals surface area contributed by atoms with E-state index in [1.54, 1.807) is 0 Å². The summed E-state index contributed by atoms with van der Waals surface area (Å²) in [5.41, 5.74) is 0. The lowest BCUT2D eigenvalue weighted by Gasteiger charge is -2.24. The van der Waals surface area contributed by atoms with Crippen LogP contribution in [0.5, 0.6) is 0 Å². The molecule has 61 heavy (non-hydrogen) atoms. The number of carbonyl (C=O) groups excluding carboxylic acids is 2. The van der Waals surface area contributed by atoms with Gasteiger partial charge in [0.2, 0.25) is 5.91 Å². The van der Waals surface area contributed by atoms with E-state index in [-0.39, 0.29) is 24.9 Å². The van der Waals surface area contributed by atoms with Crippen molar-refractivity contribution in [2.45, 2.75) is 334 Å². The highest BCUT2D eigenvalue weighted by molar-refractivity contribution is 5.77. The molecule has 0 aromatic carbocycles. The molecular formula is C55H109NO5.